The van der Waals surface area contributed by atoms with Crippen molar-refractivity contribution in [2.45, 2.75) is 32.9 Å². The summed E-state index contributed by atoms with van der Waals surface area (Å²) in [4.78, 5) is 18.1. The van der Waals surface area contributed by atoms with E-state index in [1.807, 2.05) is 26.2 Å². The number of fused-ring (bicyclic) bond motifs is 1. The monoisotopic (exact) mass is 393 g/mol. The summed E-state index contributed by atoms with van der Waals surface area (Å²) in [6.07, 6.45) is 7.52. The lowest BCUT2D eigenvalue weighted by molar-refractivity contribution is 0.304. The summed E-state index contributed by atoms with van der Waals surface area (Å²) in [5.74, 6) is 0.572. The Morgan fingerprint density at radius 2 is 2.14 bits per heavy atom. The van der Waals surface area contributed by atoms with E-state index >= 15 is 0 Å². The van der Waals surface area contributed by atoms with Crippen LogP contribution in [0.2, 0.25) is 0 Å². The highest BCUT2D eigenvalue weighted by Crippen LogP contribution is 2.27. The minimum absolute atomic E-state index is 0.0747. The fourth-order valence-electron chi connectivity index (χ4n) is 3.44. The number of thiazole rings is 1. The number of hydrogen-bond acceptors (Lipinski definition) is 5. The molecule has 1 aliphatic rings. The molecule has 0 aliphatic heterocycles. The molecule has 0 amide bonds. The molecule has 0 unspecified atom stereocenters. The van der Waals surface area contributed by atoms with E-state index < -0.39 is 0 Å². The Hall–Kier alpha value is -2.70. The van der Waals surface area contributed by atoms with Gasteiger partial charge in [-0.1, -0.05) is 18.2 Å². The summed E-state index contributed by atoms with van der Waals surface area (Å²) in [6.45, 7) is 3.26. The third-order valence-corrected chi connectivity index (χ3v) is 5.68. The van der Waals surface area contributed by atoms with E-state index in [9.17, 15) is 4.79 Å². The van der Waals surface area contributed by atoms with Crippen molar-refractivity contribution in [3.63, 3.8) is 0 Å². The van der Waals surface area contributed by atoms with Gasteiger partial charge in [0.1, 0.15) is 17.4 Å². The molecular formula is C22H23N3O2S. The first kappa shape index (κ1) is 18.7. The zero-order valence-corrected chi connectivity index (χ0v) is 16.9. The molecule has 2 heterocycles. The normalized spacial score (nSPS) is 13.1. The molecule has 1 N–H and O–H groups in total. The number of aryl methyl sites for hydroxylation is 2. The van der Waals surface area contributed by atoms with Crippen LogP contribution in [0.1, 0.15) is 33.0 Å². The number of nitrogens with zero attached hydrogens (tertiary/aromatic N) is 2. The van der Waals surface area contributed by atoms with E-state index in [4.69, 9.17) is 4.74 Å². The van der Waals surface area contributed by atoms with Crippen molar-refractivity contribution in [1.29, 1.82) is 0 Å². The molecule has 0 atom stereocenters. The maximum absolute atomic E-state index is 12.6. The number of nitrogens with one attached hydrogen (secondary N) is 1. The van der Waals surface area contributed by atoms with Crippen LogP contribution >= 0.6 is 11.3 Å². The highest BCUT2D eigenvalue weighted by atomic mass is 32.1. The second kappa shape index (κ2) is 8.12. The van der Waals surface area contributed by atoms with Crippen LogP contribution in [-0.2, 0) is 19.6 Å². The van der Waals surface area contributed by atoms with Gasteiger partial charge in [-0.3, -0.25) is 9.36 Å². The molecule has 28 heavy (non-hydrogen) atoms. The van der Waals surface area contributed by atoms with E-state index in [0.29, 0.717) is 12.4 Å². The number of aromatic nitrogens is 2. The zero-order chi connectivity index (χ0) is 19.5. The summed E-state index contributed by atoms with van der Waals surface area (Å²) >= 11 is 1.60. The van der Waals surface area contributed by atoms with Crippen LogP contribution in [-0.4, -0.2) is 16.6 Å². The second-order valence-electron chi connectivity index (χ2n) is 6.92. The number of pyridine rings is 1. The van der Waals surface area contributed by atoms with Gasteiger partial charge < -0.3 is 10.1 Å². The third-order valence-electron chi connectivity index (χ3n) is 4.79. The number of rotatable bonds is 6. The van der Waals surface area contributed by atoms with E-state index in [1.54, 1.807) is 28.2 Å². The van der Waals surface area contributed by atoms with Gasteiger partial charge in [-0.25, -0.2) is 4.98 Å². The number of hydrogen-bond donors (Lipinski definition) is 1. The molecule has 0 spiro atoms. The Bertz CT molecular complexity index is 1080. The lowest BCUT2D eigenvalue weighted by Gasteiger charge is -2.19. The van der Waals surface area contributed by atoms with Crippen molar-refractivity contribution in [3.8, 4) is 5.75 Å². The number of allylic oxidation sites excluding steroid dienone is 1. The Morgan fingerprint density at radius 3 is 2.89 bits per heavy atom. The molecule has 6 heteroatoms. The van der Waals surface area contributed by atoms with E-state index in [-0.39, 0.29) is 5.56 Å². The standard InChI is InChI=1S/C22H23N3O2S/c1-15-12-24-21(28-15)14-27-20-7-8-25(22(26)11-20)19-6-5-17-9-16(13-23-2)3-4-18(17)10-19/h3-4,7-12,23H,5-6,13-14H2,1-2H3. The van der Waals surface area contributed by atoms with Crippen molar-refractivity contribution in [1.82, 2.24) is 14.9 Å². The highest BCUT2D eigenvalue weighted by molar-refractivity contribution is 7.11. The van der Waals surface area contributed by atoms with Crippen LogP contribution in [0.15, 0.2) is 47.5 Å². The molecule has 0 saturated heterocycles. The number of benzene rings is 1. The third kappa shape index (κ3) is 4.08. The summed E-state index contributed by atoms with van der Waals surface area (Å²) in [5.41, 5.74) is 4.75. The summed E-state index contributed by atoms with van der Waals surface area (Å²) in [6, 6.07) is 9.91. The van der Waals surface area contributed by atoms with Gasteiger partial charge in [-0.2, -0.15) is 0 Å². The summed E-state index contributed by atoms with van der Waals surface area (Å²) < 4.78 is 7.44. The fourth-order valence-corrected chi connectivity index (χ4v) is 4.14. The van der Waals surface area contributed by atoms with E-state index in [2.05, 4.69) is 34.6 Å². The van der Waals surface area contributed by atoms with Crippen LogP contribution in [0.25, 0.3) is 11.8 Å². The first-order chi connectivity index (χ1) is 13.6. The molecule has 0 fully saturated rings. The average Bonchev–Trinajstić information content (AvgIpc) is 3.12. The lowest BCUT2D eigenvalue weighted by Crippen LogP contribution is -2.19. The predicted octanol–water partition coefficient (Wildman–Crippen LogP) is 3.86. The first-order valence-electron chi connectivity index (χ1n) is 9.36. The molecular weight excluding hydrogens is 370 g/mol. The average molecular weight is 394 g/mol. The van der Waals surface area contributed by atoms with Crippen molar-refractivity contribution in [2.75, 3.05) is 7.05 Å². The van der Waals surface area contributed by atoms with Crippen LogP contribution in [0.3, 0.4) is 0 Å². The van der Waals surface area contributed by atoms with Crippen LogP contribution in [0.4, 0.5) is 0 Å². The van der Waals surface area contributed by atoms with E-state index in [1.165, 1.54) is 16.7 Å². The van der Waals surface area contributed by atoms with E-state index in [0.717, 1.165) is 35.0 Å². The first-order valence-corrected chi connectivity index (χ1v) is 10.2. The molecule has 144 valence electrons. The molecule has 2 aromatic heterocycles. The number of ether oxygens (including phenoxy) is 1. The predicted molar refractivity (Wildman–Crippen MR) is 114 cm³/mol. The van der Waals surface area contributed by atoms with Gasteiger partial charge in [0.15, 0.2) is 0 Å². The topological polar surface area (TPSA) is 56.1 Å². The Labute approximate surface area is 168 Å². The molecule has 0 saturated carbocycles. The zero-order valence-electron chi connectivity index (χ0n) is 16.1. The van der Waals surface area contributed by atoms with Crippen LogP contribution < -0.4 is 15.6 Å². The van der Waals surface area contributed by atoms with Crippen molar-refractivity contribution in [2.24, 2.45) is 0 Å². The maximum Gasteiger partial charge on any atom is 0.258 e. The fraction of sp³-hybridized carbons (Fsp3) is 0.273. The van der Waals surface area contributed by atoms with Gasteiger partial charge >= 0.3 is 0 Å². The largest absolute Gasteiger partial charge is 0.486 e. The van der Waals surface area contributed by atoms with Gasteiger partial charge in [-0.05, 0) is 55.6 Å². The summed E-state index contributed by atoms with van der Waals surface area (Å²) in [5, 5.41) is 4.09. The summed E-state index contributed by atoms with van der Waals surface area (Å²) in [7, 11) is 1.95. The Morgan fingerprint density at radius 1 is 1.25 bits per heavy atom. The maximum atomic E-state index is 12.6. The van der Waals surface area contributed by atoms with Crippen molar-refractivity contribution >= 4 is 23.1 Å². The molecule has 5 nitrogen and oxygen atoms in total. The Balaban J connectivity index is 1.52. The van der Waals surface area contributed by atoms with Crippen LogP contribution in [0.5, 0.6) is 5.75 Å². The molecule has 3 aromatic rings. The van der Waals surface area contributed by atoms with Gasteiger partial charge in [-0.15, -0.1) is 11.3 Å². The SMILES string of the molecule is CNCc1ccc2c(c1)CCC(n1ccc(OCc3ncc(C)s3)cc1=O)=C2. The lowest BCUT2D eigenvalue weighted by atomic mass is 9.93. The van der Waals surface area contributed by atoms with Gasteiger partial charge in [0.25, 0.3) is 5.56 Å². The van der Waals surface area contributed by atoms with Crippen LogP contribution in [0, 0.1) is 6.92 Å². The van der Waals surface area contributed by atoms with Crippen molar-refractivity contribution in [3.05, 3.63) is 79.7 Å². The smallest absolute Gasteiger partial charge is 0.258 e. The molecule has 4 rings (SSSR count). The molecule has 0 bridgehead atoms. The minimum atomic E-state index is -0.0747. The quantitative estimate of drug-likeness (QED) is 0.691. The van der Waals surface area contributed by atoms with Gasteiger partial charge in [0.05, 0.1) is 0 Å². The second-order valence-corrected chi connectivity index (χ2v) is 8.24. The van der Waals surface area contributed by atoms with Gasteiger partial charge in [0.2, 0.25) is 0 Å². The Kier molecular flexibility index (Phi) is 5.41. The highest BCUT2D eigenvalue weighted by Gasteiger charge is 2.14. The van der Waals surface area contributed by atoms with Gasteiger partial charge in [0, 0.05) is 35.6 Å². The molecule has 0 radical (unpaired) electrons. The molecule has 1 aliphatic carbocycles. The molecule has 1 aromatic carbocycles. The minimum Gasteiger partial charge on any atom is -0.486 e. The van der Waals surface area contributed by atoms with Crippen molar-refractivity contribution < 1.29 is 4.74 Å².